The SMILES string of the molecule is Cc1cccc(C)c1OCC(C)C.Cc1cccc(C)c1OCC(C)C. The fraction of sp³-hybridized carbons (Fsp3) is 0.500. The van der Waals surface area contributed by atoms with Gasteiger partial charge >= 0.3 is 0 Å². The predicted octanol–water partition coefficient (Wildman–Crippen LogP) is 6.68. The topological polar surface area (TPSA) is 18.5 Å². The van der Waals surface area contributed by atoms with E-state index in [-0.39, 0.29) is 0 Å². The zero-order chi connectivity index (χ0) is 19.7. The highest BCUT2D eigenvalue weighted by atomic mass is 16.5. The summed E-state index contributed by atoms with van der Waals surface area (Å²) >= 11 is 0. The Hall–Kier alpha value is -1.96. The van der Waals surface area contributed by atoms with Crippen molar-refractivity contribution in [1.29, 1.82) is 0 Å². The summed E-state index contributed by atoms with van der Waals surface area (Å²) in [6.45, 7) is 18.6. The predicted molar refractivity (Wildman–Crippen MR) is 112 cm³/mol. The van der Waals surface area contributed by atoms with Gasteiger partial charge in [-0.3, -0.25) is 0 Å². The van der Waals surface area contributed by atoms with Gasteiger partial charge < -0.3 is 9.47 Å². The fourth-order valence-electron chi connectivity index (χ4n) is 2.55. The van der Waals surface area contributed by atoms with Crippen LogP contribution in [0, 0.1) is 39.5 Å². The van der Waals surface area contributed by atoms with Crippen molar-refractivity contribution in [3.63, 3.8) is 0 Å². The molecular weight excluding hydrogens is 320 g/mol. The minimum atomic E-state index is 0.582. The van der Waals surface area contributed by atoms with Gasteiger partial charge in [-0.25, -0.2) is 0 Å². The quantitative estimate of drug-likeness (QED) is 0.575. The molecule has 0 saturated carbocycles. The average molecular weight is 357 g/mol. The lowest BCUT2D eigenvalue weighted by atomic mass is 10.1. The number of ether oxygens (including phenoxy) is 2. The zero-order valence-electron chi connectivity index (χ0n) is 17.8. The highest BCUT2D eigenvalue weighted by Crippen LogP contribution is 2.23. The van der Waals surface area contributed by atoms with Crippen LogP contribution in [-0.2, 0) is 0 Å². The summed E-state index contributed by atoms with van der Waals surface area (Å²) in [6.07, 6.45) is 0. The van der Waals surface area contributed by atoms with Crippen molar-refractivity contribution in [2.24, 2.45) is 11.8 Å². The third-order valence-corrected chi connectivity index (χ3v) is 3.94. The Kier molecular flexibility index (Phi) is 9.26. The molecular formula is C24H36O2. The molecule has 0 bridgehead atoms. The molecule has 0 unspecified atom stereocenters. The Bertz CT molecular complexity index is 572. The lowest BCUT2D eigenvalue weighted by Crippen LogP contribution is -2.06. The van der Waals surface area contributed by atoms with Gasteiger partial charge in [0.25, 0.3) is 0 Å². The maximum absolute atomic E-state index is 5.73. The van der Waals surface area contributed by atoms with Crippen molar-refractivity contribution >= 4 is 0 Å². The number of para-hydroxylation sites is 2. The van der Waals surface area contributed by atoms with Crippen LogP contribution in [0.15, 0.2) is 36.4 Å². The monoisotopic (exact) mass is 356 g/mol. The Morgan fingerprint density at radius 1 is 0.577 bits per heavy atom. The average Bonchev–Trinajstić information content (AvgIpc) is 2.54. The Morgan fingerprint density at radius 2 is 0.846 bits per heavy atom. The molecule has 0 aliphatic heterocycles. The summed E-state index contributed by atoms with van der Waals surface area (Å²) in [6, 6.07) is 12.5. The van der Waals surface area contributed by atoms with Crippen LogP contribution in [0.4, 0.5) is 0 Å². The van der Waals surface area contributed by atoms with Crippen molar-refractivity contribution < 1.29 is 9.47 Å². The van der Waals surface area contributed by atoms with Gasteiger partial charge in [0.2, 0.25) is 0 Å². The van der Waals surface area contributed by atoms with Crippen molar-refractivity contribution in [2.45, 2.75) is 55.4 Å². The summed E-state index contributed by atoms with van der Waals surface area (Å²) in [5.74, 6) is 3.27. The molecule has 0 amide bonds. The molecule has 0 aromatic heterocycles. The minimum absolute atomic E-state index is 0.582. The molecule has 0 saturated heterocycles. The van der Waals surface area contributed by atoms with Gasteiger partial charge in [-0.2, -0.15) is 0 Å². The molecule has 0 spiro atoms. The van der Waals surface area contributed by atoms with Gasteiger partial charge in [0.1, 0.15) is 11.5 Å². The molecule has 0 radical (unpaired) electrons. The number of benzene rings is 2. The first-order chi connectivity index (χ1) is 12.2. The minimum Gasteiger partial charge on any atom is -0.493 e. The van der Waals surface area contributed by atoms with Crippen molar-refractivity contribution in [2.75, 3.05) is 13.2 Å². The summed E-state index contributed by atoms with van der Waals surface area (Å²) in [4.78, 5) is 0. The molecule has 0 fully saturated rings. The number of hydrogen-bond donors (Lipinski definition) is 0. The zero-order valence-corrected chi connectivity index (χ0v) is 17.8. The fourth-order valence-corrected chi connectivity index (χ4v) is 2.55. The third kappa shape index (κ3) is 7.51. The van der Waals surface area contributed by atoms with Crippen LogP contribution in [0.1, 0.15) is 49.9 Å². The first-order valence-electron chi connectivity index (χ1n) is 9.60. The van der Waals surface area contributed by atoms with Crippen molar-refractivity contribution in [3.05, 3.63) is 58.7 Å². The molecule has 2 heteroatoms. The van der Waals surface area contributed by atoms with Crippen LogP contribution in [-0.4, -0.2) is 13.2 Å². The molecule has 2 aromatic carbocycles. The van der Waals surface area contributed by atoms with E-state index < -0.39 is 0 Å². The van der Waals surface area contributed by atoms with E-state index >= 15 is 0 Å². The Labute approximate surface area is 160 Å². The Morgan fingerprint density at radius 3 is 1.08 bits per heavy atom. The van der Waals surface area contributed by atoms with Crippen LogP contribution >= 0.6 is 0 Å². The molecule has 2 nitrogen and oxygen atoms in total. The second-order valence-electron chi connectivity index (χ2n) is 7.85. The second-order valence-corrected chi connectivity index (χ2v) is 7.85. The summed E-state index contributed by atoms with van der Waals surface area (Å²) in [5.41, 5.74) is 4.89. The lowest BCUT2D eigenvalue weighted by molar-refractivity contribution is 0.268. The van der Waals surface area contributed by atoms with Crippen LogP contribution in [0.5, 0.6) is 11.5 Å². The maximum atomic E-state index is 5.73. The van der Waals surface area contributed by atoms with Gasteiger partial charge in [0, 0.05) is 0 Å². The molecule has 0 N–H and O–H groups in total. The number of rotatable bonds is 6. The number of aryl methyl sites for hydroxylation is 4. The van der Waals surface area contributed by atoms with E-state index in [9.17, 15) is 0 Å². The van der Waals surface area contributed by atoms with E-state index in [1.54, 1.807) is 0 Å². The molecule has 144 valence electrons. The van der Waals surface area contributed by atoms with Crippen LogP contribution in [0.3, 0.4) is 0 Å². The maximum Gasteiger partial charge on any atom is 0.125 e. The smallest absolute Gasteiger partial charge is 0.125 e. The van der Waals surface area contributed by atoms with Crippen LogP contribution in [0.25, 0.3) is 0 Å². The van der Waals surface area contributed by atoms with Crippen molar-refractivity contribution in [1.82, 2.24) is 0 Å². The summed E-state index contributed by atoms with van der Waals surface area (Å²) in [5, 5.41) is 0. The highest BCUT2D eigenvalue weighted by Gasteiger charge is 2.04. The third-order valence-electron chi connectivity index (χ3n) is 3.94. The van der Waals surface area contributed by atoms with Crippen molar-refractivity contribution in [3.8, 4) is 11.5 Å². The highest BCUT2D eigenvalue weighted by molar-refractivity contribution is 5.40. The second kappa shape index (κ2) is 10.9. The van der Waals surface area contributed by atoms with Gasteiger partial charge in [-0.05, 0) is 61.8 Å². The van der Waals surface area contributed by atoms with E-state index in [1.165, 1.54) is 22.3 Å². The number of hydrogen-bond acceptors (Lipinski definition) is 2. The van der Waals surface area contributed by atoms with E-state index in [0.717, 1.165) is 24.7 Å². The molecule has 2 rings (SSSR count). The van der Waals surface area contributed by atoms with E-state index in [0.29, 0.717) is 11.8 Å². The first-order valence-corrected chi connectivity index (χ1v) is 9.60. The normalized spacial score (nSPS) is 10.5. The van der Waals surface area contributed by atoms with Crippen LogP contribution in [0.2, 0.25) is 0 Å². The van der Waals surface area contributed by atoms with Gasteiger partial charge in [0.05, 0.1) is 13.2 Å². The molecule has 0 heterocycles. The largest absolute Gasteiger partial charge is 0.493 e. The molecule has 26 heavy (non-hydrogen) atoms. The van der Waals surface area contributed by atoms with E-state index in [2.05, 4.69) is 91.8 Å². The summed E-state index contributed by atoms with van der Waals surface area (Å²) < 4.78 is 11.5. The summed E-state index contributed by atoms with van der Waals surface area (Å²) in [7, 11) is 0. The van der Waals surface area contributed by atoms with Gasteiger partial charge in [-0.15, -0.1) is 0 Å². The Balaban J connectivity index is 0.000000260. The van der Waals surface area contributed by atoms with E-state index in [4.69, 9.17) is 9.47 Å². The molecule has 0 aliphatic carbocycles. The van der Waals surface area contributed by atoms with Gasteiger partial charge in [-0.1, -0.05) is 64.1 Å². The lowest BCUT2D eigenvalue weighted by Gasteiger charge is -2.13. The molecule has 0 aliphatic rings. The van der Waals surface area contributed by atoms with E-state index in [1.807, 2.05) is 0 Å². The van der Waals surface area contributed by atoms with Crippen LogP contribution < -0.4 is 9.47 Å². The first kappa shape index (κ1) is 22.1. The molecule has 2 aromatic rings. The standard InChI is InChI=1S/2C12H18O/c2*1-9(2)8-13-12-10(3)6-5-7-11(12)4/h2*5-7,9H,8H2,1-4H3. The molecule has 0 atom stereocenters. The van der Waals surface area contributed by atoms with Gasteiger partial charge in [0.15, 0.2) is 0 Å².